The van der Waals surface area contributed by atoms with Crippen LogP contribution in [-0.2, 0) is 15.0 Å². The first-order valence-corrected chi connectivity index (χ1v) is 10.8. The summed E-state index contributed by atoms with van der Waals surface area (Å²) in [5, 5.41) is 2.71. The van der Waals surface area contributed by atoms with Gasteiger partial charge in [-0.3, -0.25) is 25.2 Å². The molecule has 0 fully saturated rings. The molecule has 0 bridgehead atoms. The monoisotopic (exact) mass is 427 g/mol. The molecule has 0 aromatic heterocycles. The summed E-state index contributed by atoms with van der Waals surface area (Å²) in [6.07, 6.45) is 0.0667. The number of carbonyl (C=O) groups excluding carboxylic acids is 3. The minimum absolute atomic E-state index is 0.0240. The molecule has 0 saturated carbocycles. The minimum atomic E-state index is -0.368. The molecule has 0 aliphatic heterocycles. The largest absolute Gasteiger partial charge is 0.352 e. The molecule has 0 aliphatic rings. The van der Waals surface area contributed by atoms with Gasteiger partial charge in [0.25, 0.3) is 5.91 Å². The maximum Gasteiger partial charge on any atom is 0.251 e. The van der Waals surface area contributed by atoms with Crippen molar-refractivity contribution in [1.29, 1.82) is 0 Å². The van der Waals surface area contributed by atoms with Crippen molar-refractivity contribution in [2.45, 2.75) is 44.4 Å². The van der Waals surface area contributed by atoms with Gasteiger partial charge in [-0.05, 0) is 42.2 Å². The molecule has 7 heteroatoms. The zero-order chi connectivity index (χ0) is 22.1. The number of amides is 3. The van der Waals surface area contributed by atoms with Crippen LogP contribution in [0.3, 0.4) is 0 Å². The van der Waals surface area contributed by atoms with E-state index in [0.29, 0.717) is 5.56 Å². The highest BCUT2D eigenvalue weighted by Gasteiger charge is 2.14. The van der Waals surface area contributed by atoms with Gasteiger partial charge >= 0.3 is 0 Å². The molecule has 2 rings (SSSR count). The first-order valence-electron chi connectivity index (χ1n) is 9.81. The van der Waals surface area contributed by atoms with Crippen molar-refractivity contribution in [3.05, 3.63) is 65.2 Å². The summed E-state index contributed by atoms with van der Waals surface area (Å²) in [6.45, 7) is 8.52. The van der Waals surface area contributed by atoms with E-state index in [4.69, 9.17) is 0 Å². The summed E-state index contributed by atoms with van der Waals surface area (Å²) >= 11 is 1.39. The van der Waals surface area contributed by atoms with Gasteiger partial charge in [0.15, 0.2) is 0 Å². The van der Waals surface area contributed by atoms with Crippen molar-refractivity contribution in [3.8, 4) is 0 Å². The van der Waals surface area contributed by atoms with E-state index >= 15 is 0 Å². The number of aryl methyl sites for hydroxylation is 1. The Morgan fingerprint density at radius 3 is 2.07 bits per heavy atom. The third kappa shape index (κ3) is 7.91. The first kappa shape index (κ1) is 23.5. The van der Waals surface area contributed by atoms with E-state index < -0.39 is 0 Å². The number of hydrogen-bond donors (Lipinski definition) is 3. The standard InChI is InChI=1S/C23H29N3O3S/c1-16-5-11-19(12-6-16)30-15-21(28)26-25-20(27)13-14-24-22(29)17-7-9-18(10-8-17)23(2,3)4/h5-12H,13-15H2,1-4H3,(H,24,29)(H,25,27)(H,26,28). The van der Waals surface area contributed by atoms with Crippen LogP contribution in [0.25, 0.3) is 0 Å². The topological polar surface area (TPSA) is 87.3 Å². The van der Waals surface area contributed by atoms with Gasteiger partial charge in [-0.1, -0.05) is 50.6 Å². The fourth-order valence-electron chi connectivity index (χ4n) is 2.53. The second kappa shape index (κ2) is 10.8. The van der Waals surface area contributed by atoms with Crippen molar-refractivity contribution < 1.29 is 14.4 Å². The Morgan fingerprint density at radius 2 is 1.47 bits per heavy atom. The minimum Gasteiger partial charge on any atom is -0.352 e. The lowest BCUT2D eigenvalue weighted by atomic mass is 9.87. The highest BCUT2D eigenvalue weighted by atomic mass is 32.2. The second-order valence-electron chi connectivity index (χ2n) is 8.03. The third-order valence-electron chi connectivity index (χ3n) is 4.38. The van der Waals surface area contributed by atoms with Crippen molar-refractivity contribution in [3.63, 3.8) is 0 Å². The average Bonchev–Trinajstić information content (AvgIpc) is 2.71. The number of thioether (sulfide) groups is 1. The molecule has 2 aromatic carbocycles. The molecule has 160 valence electrons. The predicted molar refractivity (Wildman–Crippen MR) is 120 cm³/mol. The molecule has 6 nitrogen and oxygen atoms in total. The Hall–Kier alpha value is -2.80. The maximum atomic E-state index is 12.2. The Balaban J connectivity index is 1.65. The molecule has 0 radical (unpaired) electrons. The maximum absolute atomic E-state index is 12.2. The molecule has 0 saturated heterocycles. The predicted octanol–water partition coefficient (Wildman–Crippen LogP) is 3.35. The van der Waals surface area contributed by atoms with E-state index in [2.05, 4.69) is 36.9 Å². The van der Waals surface area contributed by atoms with E-state index in [-0.39, 0.29) is 41.9 Å². The van der Waals surface area contributed by atoms with E-state index in [1.54, 1.807) is 12.1 Å². The molecular formula is C23H29N3O3S. The molecule has 0 heterocycles. The van der Waals surface area contributed by atoms with Crippen LogP contribution in [0.1, 0.15) is 48.7 Å². The Labute approximate surface area is 182 Å². The Morgan fingerprint density at radius 1 is 0.867 bits per heavy atom. The van der Waals surface area contributed by atoms with Crippen LogP contribution in [0.5, 0.6) is 0 Å². The zero-order valence-electron chi connectivity index (χ0n) is 17.9. The SMILES string of the molecule is Cc1ccc(SCC(=O)NNC(=O)CCNC(=O)c2ccc(C(C)(C)C)cc2)cc1. The summed E-state index contributed by atoms with van der Waals surface area (Å²) < 4.78 is 0. The third-order valence-corrected chi connectivity index (χ3v) is 5.40. The molecular weight excluding hydrogens is 398 g/mol. The van der Waals surface area contributed by atoms with Crippen LogP contribution in [0.15, 0.2) is 53.4 Å². The normalized spacial score (nSPS) is 10.9. The zero-order valence-corrected chi connectivity index (χ0v) is 18.7. The quantitative estimate of drug-likeness (QED) is 0.467. The lowest BCUT2D eigenvalue weighted by Crippen LogP contribution is -2.43. The van der Waals surface area contributed by atoms with Gasteiger partial charge in [-0.25, -0.2) is 0 Å². The molecule has 0 aliphatic carbocycles. The van der Waals surface area contributed by atoms with Gasteiger partial charge < -0.3 is 5.32 Å². The summed E-state index contributed by atoms with van der Waals surface area (Å²) in [4.78, 5) is 36.8. The summed E-state index contributed by atoms with van der Waals surface area (Å²) in [5.74, 6) is -0.698. The molecule has 2 aromatic rings. The van der Waals surface area contributed by atoms with E-state index in [1.807, 2.05) is 43.3 Å². The molecule has 0 spiro atoms. The molecule has 30 heavy (non-hydrogen) atoms. The van der Waals surface area contributed by atoms with Crippen LogP contribution >= 0.6 is 11.8 Å². The van der Waals surface area contributed by atoms with Gasteiger partial charge in [-0.15, -0.1) is 11.8 Å². The molecule has 0 unspecified atom stereocenters. The van der Waals surface area contributed by atoms with Crippen molar-refractivity contribution >= 4 is 29.5 Å². The van der Waals surface area contributed by atoms with Crippen molar-refractivity contribution in [2.24, 2.45) is 0 Å². The van der Waals surface area contributed by atoms with E-state index in [9.17, 15) is 14.4 Å². The Bertz CT molecular complexity index is 872. The number of benzene rings is 2. The van der Waals surface area contributed by atoms with Gasteiger partial charge in [0, 0.05) is 23.4 Å². The number of carbonyl (C=O) groups is 3. The highest BCUT2D eigenvalue weighted by molar-refractivity contribution is 8.00. The second-order valence-corrected chi connectivity index (χ2v) is 9.08. The number of hydrazine groups is 1. The van der Waals surface area contributed by atoms with Crippen LogP contribution in [0.2, 0.25) is 0 Å². The smallest absolute Gasteiger partial charge is 0.251 e. The lowest BCUT2D eigenvalue weighted by molar-refractivity contribution is -0.127. The van der Waals surface area contributed by atoms with Gasteiger partial charge in [-0.2, -0.15) is 0 Å². The molecule has 0 atom stereocenters. The number of rotatable bonds is 7. The van der Waals surface area contributed by atoms with Gasteiger partial charge in [0.1, 0.15) is 0 Å². The van der Waals surface area contributed by atoms with Crippen molar-refractivity contribution in [1.82, 2.24) is 16.2 Å². The fraction of sp³-hybridized carbons (Fsp3) is 0.348. The van der Waals surface area contributed by atoms with Crippen LogP contribution in [0.4, 0.5) is 0 Å². The molecule has 3 amide bonds. The summed E-state index contributed by atoms with van der Waals surface area (Å²) in [6, 6.07) is 15.3. The van der Waals surface area contributed by atoms with Crippen LogP contribution in [-0.4, -0.2) is 30.0 Å². The lowest BCUT2D eigenvalue weighted by Gasteiger charge is -2.19. The van der Waals surface area contributed by atoms with Crippen LogP contribution < -0.4 is 16.2 Å². The fourth-order valence-corrected chi connectivity index (χ4v) is 3.23. The number of hydrogen-bond acceptors (Lipinski definition) is 4. The summed E-state index contributed by atoms with van der Waals surface area (Å²) in [5.41, 5.74) is 7.62. The van der Waals surface area contributed by atoms with E-state index in [0.717, 1.165) is 16.0 Å². The van der Waals surface area contributed by atoms with Gasteiger partial charge in [0.05, 0.1) is 5.75 Å². The summed E-state index contributed by atoms with van der Waals surface area (Å²) in [7, 11) is 0. The van der Waals surface area contributed by atoms with Crippen LogP contribution in [0, 0.1) is 6.92 Å². The Kier molecular flexibility index (Phi) is 8.47. The van der Waals surface area contributed by atoms with Gasteiger partial charge in [0.2, 0.25) is 11.8 Å². The van der Waals surface area contributed by atoms with E-state index in [1.165, 1.54) is 11.8 Å². The number of nitrogens with one attached hydrogen (secondary N) is 3. The highest BCUT2D eigenvalue weighted by Crippen LogP contribution is 2.22. The van der Waals surface area contributed by atoms with Crippen molar-refractivity contribution in [2.75, 3.05) is 12.3 Å². The first-order chi connectivity index (χ1) is 14.1. The average molecular weight is 428 g/mol. The molecule has 3 N–H and O–H groups in total.